The van der Waals surface area contributed by atoms with Crippen LogP contribution in [0.4, 0.5) is 5.82 Å². The Labute approximate surface area is 125 Å². The van der Waals surface area contributed by atoms with Gasteiger partial charge in [0.25, 0.3) is 0 Å². The van der Waals surface area contributed by atoms with E-state index in [0.717, 1.165) is 23.0 Å². The second kappa shape index (κ2) is 6.22. The SMILES string of the molecule is CC1CCCC(c2nc(NN)cc(-c3ccccc3)n2)C1. The average molecular weight is 282 g/mol. The van der Waals surface area contributed by atoms with Gasteiger partial charge >= 0.3 is 0 Å². The Morgan fingerprint density at radius 2 is 1.95 bits per heavy atom. The Hall–Kier alpha value is -1.94. The fraction of sp³-hybridized carbons (Fsp3) is 0.412. The summed E-state index contributed by atoms with van der Waals surface area (Å²) in [6.45, 7) is 2.31. The monoisotopic (exact) mass is 282 g/mol. The second-order valence-corrected chi connectivity index (χ2v) is 5.98. The van der Waals surface area contributed by atoms with E-state index in [4.69, 9.17) is 10.8 Å². The van der Waals surface area contributed by atoms with Crippen molar-refractivity contribution in [2.24, 2.45) is 11.8 Å². The molecule has 4 nitrogen and oxygen atoms in total. The van der Waals surface area contributed by atoms with Crippen LogP contribution < -0.4 is 11.3 Å². The molecule has 1 aromatic carbocycles. The zero-order chi connectivity index (χ0) is 14.7. The Kier molecular flexibility index (Phi) is 4.15. The van der Waals surface area contributed by atoms with Gasteiger partial charge in [-0.25, -0.2) is 15.8 Å². The molecule has 0 saturated heterocycles. The lowest BCUT2D eigenvalue weighted by molar-refractivity contribution is 0.335. The highest BCUT2D eigenvalue weighted by Gasteiger charge is 2.23. The maximum Gasteiger partial charge on any atom is 0.144 e. The summed E-state index contributed by atoms with van der Waals surface area (Å²) in [5.41, 5.74) is 4.71. The number of nitrogens with zero attached hydrogens (tertiary/aromatic N) is 2. The van der Waals surface area contributed by atoms with E-state index in [1.807, 2.05) is 24.3 Å². The molecule has 21 heavy (non-hydrogen) atoms. The van der Waals surface area contributed by atoms with Crippen LogP contribution in [-0.2, 0) is 0 Å². The molecule has 2 atom stereocenters. The van der Waals surface area contributed by atoms with Crippen LogP contribution in [-0.4, -0.2) is 9.97 Å². The molecule has 1 heterocycles. The summed E-state index contributed by atoms with van der Waals surface area (Å²) in [6.07, 6.45) is 4.92. The summed E-state index contributed by atoms with van der Waals surface area (Å²) in [5.74, 6) is 8.40. The minimum Gasteiger partial charge on any atom is -0.308 e. The molecule has 0 spiro atoms. The van der Waals surface area contributed by atoms with Crippen molar-refractivity contribution in [2.75, 3.05) is 5.43 Å². The first-order chi connectivity index (χ1) is 10.3. The molecule has 3 N–H and O–H groups in total. The molecule has 1 aliphatic carbocycles. The minimum absolute atomic E-state index is 0.449. The summed E-state index contributed by atoms with van der Waals surface area (Å²) < 4.78 is 0. The topological polar surface area (TPSA) is 63.8 Å². The van der Waals surface area contributed by atoms with Crippen molar-refractivity contribution in [2.45, 2.75) is 38.5 Å². The molecule has 1 fully saturated rings. The molecular weight excluding hydrogens is 260 g/mol. The first kappa shape index (κ1) is 14.0. The van der Waals surface area contributed by atoms with Gasteiger partial charge in [-0.05, 0) is 18.8 Å². The van der Waals surface area contributed by atoms with Crippen LogP contribution in [0.25, 0.3) is 11.3 Å². The highest BCUT2D eigenvalue weighted by Crippen LogP contribution is 2.35. The third kappa shape index (κ3) is 3.22. The fourth-order valence-electron chi connectivity index (χ4n) is 3.15. The molecule has 1 aliphatic rings. The maximum atomic E-state index is 5.58. The zero-order valence-corrected chi connectivity index (χ0v) is 12.4. The first-order valence-corrected chi connectivity index (χ1v) is 7.67. The van der Waals surface area contributed by atoms with Crippen LogP contribution in [0, 0.1) is 5.92 Å². The number of anilines is 1. The lowest BCUT2D eigenvalue weighted by Gasteiger charge is -2.26. The van der Waals surface area contributed by atoms with E-state index < -0.39 is 0 Å². The zero-order valence-electron chi connectivity index (χ0n) is 12.4. The number of nitrogens with two attached hydrogens (primary N) is 1. The molecule has 3 rings (SSSR count). The number of rotatable bonds is 3. The second-order valence-electron chi connectivity index (χ2n) is 5.98. The predicted octanol–water partition coefficient (Wildman–Crippen LogP) is 3.72. The van der Waals surface area contributed by atoms with Crippen molar-refractivity contribution < 1.29 is 0 Å². The molecule has 1 saturated carbocycles. The van der Waals surface area contributed by atoms with Gasteiger partial charge in [0, 0.05) is 17.5 Å². The molecule has 0 amide bonds. The molecule has 2 unspecified atom stereocenters. The van der Waals surface area contributed by atoms with E-state index in [0.29, 0.717) is 11.7 Å². The number of aromatic nitrogens is 2. The molecule has 0 bridgehead atoms. The van der Waals surface area contributed by atoms with E-state index in [1.54, 1.807) is 0 Å². The Morgan fingerprint density at radius 1 is 1.14 bits per heavy atom. The molecule has 1 aromatic heterocycles. The van der Waals surface area contributed by atoms with Gasteiger partial charge < -0.3 is 5.43 Å². The van der Waals surface area contributed by atoms with Gasteiger partial charge in [0.1, 0.15) is 11.6 Å². The predicted molar refractivity (Wildman–Crippen MR) is 85.7 cm³/mol. The van der Waals surface area contributed by atoms with Crippen LogP contribution in [0.5, 0.6) is 0 Å². The molecule has 110 valence electrons. The molecule has 4 heteroatoms. The Morgan fingerprint density at radius 3 is 2.67 bits per heavy atom. The van der Waals surface area contributed by atoms with E-state index in [2.05, 4.69) is 29.5 Å². The summed E-state index contributed by atoms with van der Waals surface area (Å²) in [7, 11) is 0. The molecule has 0 radical (unpaired) electrons. The molecular formula is C17H22N4. The number of nitrogens with one attached hydrogen (secondary N) is 1. The number of nitrogen functional groups attached to an aromatic ring is 1. The van der Waals surface area contributed by atoms with Crippen LogP contribution in [0.15, 0.2) is 36.4 Å². The normalized spacial score (nSPS) is 22.0. The average Bonchev–Trinajstić information content (AvgIpc) is 2.55. The third-order valence-corrected chi connectivity index (χ3v) is 4.26. The summed E-state index contributed by atoms with van der Waals surface area (Å²) in [4.78, 5) is 9.39. The molecule has 2 aromatic rings. The number of hydrogen-bond donors (Lipinski definition) is 2. The number of benzene rings is 1. The third-order valence-electron chi connectivity index (χ3n) is 4.26. The fourth-order valence-corrected chi connectivity index (χ4v) is 3.15. The van der Waals surface area contributed by atoms with E-state index in [9.17, 15) is 0 Å². The standard InChI is InChI=1S/C17H22N4/c1-12-6-5-9-14(10-12)17-19-15(11-16(20-17)21-18)13-7-3-2-4-8-13/h2-4,7-8,11-12,14H,5-6,9-10,18H2,1H3,(H,19,20,21). The maximum absolute atomic E-state index is 5.58. The van der Waals surface area contributed by atoms with Gasteiger partial charge in [0.15, 0.2) is 0 Å². The summed E-state index contributed by atoms with van der Waals surface area (Å²) in [6, 6.07) is 12.1. The first-order valence-electron chi connectivity index (χ1n) is 7.67. The summed E-state index contributed by atoms with van der Waals surface area (Å²) in [5, 5.41) is 0. The highest BCUT2D eigenvalue weighted by atomic mass is 15.3. The smallest absolute Gasteiger partial charge is 0.144 e. The number of hydrazine groups is 1. The Balaban J connectivity index is 1.97. The van der Waals surface area contributed by atoms with Gasteiger partial charge in [-0.15, -0.1) is 0 Å². The van der Waals surface area contributed by atoms with E-state index >= 15 is 0 Å². The lowest BCUT2D eigenvalue weighted by atomic mass is 9.82. The van der Waals surface area contributed by atoms with Crippen LogP contribution >= 0.6 is 0 Å². The highest BCUT2D eigenvalue weighted by molar-refractivity contribution is 5.62. The van der Waals surface area contributed by atoms with Crippen molar-refractivity contribution in [3.63, 3.8) is 0 Å². The van der Waals surface area contributed by atoms with Gasteiger partial charge in [-0.3, -0.25) is 0 Å². The largest absolute Gasteiger partial charge is 0.308 e. The van der Waals surface area contributed by atoms with Crippen LogP contribution in [0.2, 0.25) is 0 Å². The van der Waals surface area contributed by atoms with Crippen molar-refractivity contribution in [1.82, 2.24) is 9.97 Å². The van der Waals surface area contributed by atoms with E-state index in [-0.39, 0.29) is 0 Å². The van der Waals surface area contributed by atoms with Crippen LogP contribution in [0.1, 0.15) is 44.3 Å². The number of hydrogen-bond acceptors (Lipinski definition) is 4. The van der Waals surface area contributed by atoms with Crippen molar-refractivity contribution in [3.05, 3.63) is 42.2 Å². The van der Waals surface area contributed by atoms with Gasteiger partial charge in [0.2, 0.25) is 0 Å². The van der Waals surface area contributed by atoms with Gasteiger partial charge in [-0.1, -0.05) is 50.1 Å². The van der Waals surface area contributed by atoms with Crippen molar-refractivity contribution >= 4 is 5.82 Å². The molecule has 0 aliphatic heterocycles. The summed E-state index contributed by atoms with van der Waals surface area (Å²) >= 11 is 0. The van der Waals surface area contributed by atoms with E-state index in [1.165, 1.54) is 25.7 Å². The van der Waals surface area contributed by atoms with Gasteiger partial charge in [0.05, 0.1) is 5.69 Å². The quantitative estimate of drug-likeness (QED) is 0.665. The van der Waals surface area contributed by atoms with Crippen molar-refractivity contribution in [3.8, 4) is 11.3 Å². The Bertz CT molecular complexity index is 597. The van der Waals surface area contributed by atoms with Gasteiger partial charge in [-0.2, -0.15) is 0 Å². The minimum atomic E-state index is 0.449. The lowest BCUT2D eigenvalue weighted by Crippen LogP contribution is -2.17. The van der Waals surface area contributed by atoms with Crippen molar-refractivity contribution in [1.29, 1.82) is 0 Å². The van der Waals surface area contributed by atoms with Crippen LogP contribution in [0.3, 0.4) is 0 Å².